The van der Waals surface area contributed by atoms with Crippen molar-refractivity contribution in [3.05, 3.63) is 53.7 Å². The van der Waals surface area contributed by atoms with Crippen LogP contribution in [0.2, 0.25) is 0 Å². The molecule has 1 amide bonds. The number of hydrogen-bond acceptors (Lipinski definition) is 3. The van der Waals surface area contributed by atoms with Gasteiger partial charge in [0.2, 0.25) is 0 Å². The minimum absolute atomic E-state index is 0.129. The van der Waals surface area contributed by atoms with Gasteiger partial charge < -0.3 is 10.2 Å². The lowest BCUT2D eigenvalue weighted by atomic mass is 10.1. The molecule has 0 fully saturated rings. The Kier molecular flexibility index (Phi) is 4.93. The van der Waals surface area contributed by atoms with Crippen molar-refractivity contribution in [1.29, 1.82) is 0 Å². The zero-order valence-corrected chi connectivity index (χ0v) is 12.8. The molecule has 1 aromatic carbocycles. The summed E-state index contributed by atoms with van der Waals surface area (Å²) in [5.41, 5.74) is 2.69. The van der Waals surface area contributed by atoms with Gasteiger partial charge in [0.1, 0.15) is 5.82 Å². The molecule has 0 atom stereocenters. The second-order valence-corrected chi connectivity index (χ2v) is 4.84. The van der Waals surface area contributed by atoms with E-state index in [0.29, 0.717) is 11.4 Å². The first-order valence-corrected chi connectivity index (χ1v) is 7.23. The van der Waals surface area contributed by atoms with Crippen molar-refractivity contribution in [3.8, 4) is 0 Å². The van der Waals surface area contributed by atoms with Gasteiger partial charge in [0.15, 0.2) is 0 Å². The molecule has 0 aliphatic carbocycles. The number of aryl methyl sites for hydroxylation is 1. The Labute approximate surface area is 125 Å². The van der Waals surface area contributed by atoms with Gasteiger partial charge in [-0.25, -0.2) is 4.98 Å². The number of nitrogens with zero attached hydrogens (tertiary/aromatic N) is 2. The van der Waals surface area contributed by atoms with E-state index in [1.807, 2.05) is 43.3 Å². The Morgan fingerprint density at radius 2 is 1.86 bits per heavy atom. The van der Waals surface area contributed by atoms with Crippen molar-refractivity contribution in [3.63, 3.8) is 0 Å². The SMILES string of the molecule is CCN(CC)c1ccc(NC(=O)c2ccccc2C)nc1. The maximum absolute atomic E-state index is 12.2. The van der Waals surface area contributed by atoms with Crippen molar-refractivity contribution < 1.29 is 4.79 Å². The van der Waals surface area contributed by atoms with Crippen LogP contribution in [-0.2, 0) is 0 Å². The molecule has 0 radical (unpaired) electrons. The predicted molar refractivity (Wildman–Crippen MR) is 86.9 cm³/mol. The highest BCUT2D eigenvalue weighted by atomic mass is 16.1. The van der Waals surface area contributed by atoms with Crippen LogP contribution in [-0.4, -0.2) is 24.0 Å². The summed E-state index contributed by atoms with van der Waals surface area (Å²) < 4.78 is 0. The van der Waals surface area contributed by atoms with E-state index in [2.05, 4.69) is 29.0 Å². The monoisotopic (exact) mass is 283 g/mol. The van der Waals surface area contributed by atoms with E-state index in [9.17, 15) is 4.79 Å². The van der Waals surface area contributed by atoms with Gasteiger partial charge in [-0.3, -0.25) is 4.79 Å². The average molecular weight is 283 g/mol. The Morgan fingerprint density at radius 1 is 1.14 bits per heavy atom. The lowest BCUT2D eigenvalue weighted by Gasteiger charge is -2.20. The number of amides is 1. The fourth-order valence-electron chi connectivity index (χ4n) is 2.25. The first kappa shape index (κ1) is 15.0. The second-order valence-electron chi connectivity index (χ2n) is 4.84. The molecule has 0 spiro atoms. The molecule has 0 aliphatic rings. The number of pyridine rings is 1. The fraction of sp³-hybridized carbons (Fsp3) is 0.294. The molecule has 4 heteroatoms. The summed E-state index contributed by atoms with van der Waals surface area (Å²) in [7, 11) is 0. The van der Waals surface area contributed by atoms with Crippen molar-refractivity contribution in [2.24, 2.45) is 0 Å². The minimum atomic E-state index is -0.129. The van der Waals surface area contributed by atoms with Crippen LogP contribution in [0.1, 0.15) is 29.8 Å². The van der Waals surface area contributed by atoms with Crippen LogP contribution >= 0.6 is 0 Å². The lowest BCUT2D eigenvalue weighted by Crippen LogP contribution is -2.22. The smallest absolute Gasteiger partial charge is 0.257 e. The third-order valence-corrected chi connectivity index (χ3v) is 3.51. The van der Waals surface area contributed by atoms with Crippen molar-refractivity contribution >= 4 is 17.4 Å². The Morgan fingerprint density at radius 3 is 2.43 bits per heavy atom. The average Bonchev–Trinajstić information content (AvgIpc) is 2.50. The minimum Gasteiger partial charge on any atom is -0.371 e. The number of rotatable bonds is 5. The molecule has 21 heavy (non-hydrogen) atoms. The summed E-state index contributed by atoms with van der Waals surface area (Å²) in [6, 6.07) is 11.3. The molecular formula is C17H21N3O. The molecule has 0 aliphatic heterocycles. The number of benzene rings is 1. The number of hydrogen-bond donors (Lipinski definition) is 1. The topological polar surface area (TPSA) is 45.2 Å². The van der Waals surface area contributed by atoms with Gasteiger partial charge in [-0.05, 0) is 44.5 Å². The van der Waals surface area contributed by atoms with Crippen LogP contribution in [0.15, 0.2) is 42.6 Å². The third kappa shape index (κ3) is 3.60. The molecule has 0 unspecified atom stereocenters. The van der Waals surface area contributed by atoms with E-state index >= 15 is 0 Å². The summed E-state index contributed by atoms with van der Waals surface area (Å²) in [5, 5.41) is 2.83. The Bertz CT molecular complexity index is 604. The molecule has 1 aromatic heterocycles. The summed E-state index contributed by atoms with van der Waals surface area (Å²) >= 11 is 0. The Hall–Kier alpha value is -2.36. The van der Waals surface area contributed by atoms with Crippen LogP contribution in [0.5, 0.6) is 0 Å². The highest BCUT2D eigenvalue weighted by Crippen LogP contribution is 2.16. The maximum Gasteiger partial charge on any atom is 0.257 e. The van der Waals surface area contributed by atoms with E-state index in [1.165, 1.54) is 0 Å². The molecule has 0 saturated heterocycles. The zero-order valence-electron chi connectivity index (χ0n) is 12.8. The molecule has 1 heterocycles. The largest absolute Gasteiger partial charge is 0.371 e. The highest BCUT2D eigenvalue weighted by Gasteiger charge is 2.09. The van der Waals surface area contributed by atoms with Gasteiger partial charge >= 0.3 is 0 Å². The van der Waals surface area contributed by atoms with Gasteiger partial charge in [0.05, 0.1) is 11.9 Å². The van der Waals surface area contributed by atoms with E-state index in [4.69, 9.17) is 0 Å². The van der Waals surface area contributed by atoms with Crippen LogP contribution in [0.4, 0.5) is 11.5 Å². The number of anilines is 2. The van der Waals surface area contributed by atoms with Gasteiger partial charge in [0, 0.05) is 18.7 Å². The van der Waals surface area contributed by atoms with E-state index < -0.39 is 0 Å². The van der Waals surface area contributed by atoms with Crippen molar-refractivity contribution in [1.82, 2.24) is 4.98 Å². The second kappa shape index (κ2) is 6.88. The van der Waals surface area contributed by atoms with Crippen LogP contribution in [0.25, 0.3) is 0 Å². The molecule has 4 nitrogen and oxygen atoms in total. The van der Waals surface area contributed by atoms with Crippen molar-refractivity contribution in [2.75, 3.05) is 23.3 Å². The summed E-state index contributed by atoms with van der Waals surface area (Å²) in [6.07, 6.45) is 1.79. The number of aromatic nitrogens is 1. The first-order chi connectivity index (χ1) is 10.2. The predicted octanol–water partition coefficient (Wildman–Crippen LogP) is 3.49. The molecule has 1 N–H and O–H groups in total. The van der Waals surface area contributed by atoms with E-state index in [1.54, 1.807) is 6.20 Å². The van der Waals surface area contributed by atoms with Gasteiger partial charge in [-0.1, -0.05) is 18.2 Å². The standard InChI is InChI=1S/C17H21N3O/c1-4-20(5-2)14-10-11-16(18-12-14)19-17(21)15-9-7-6-8-13(15)3/h6-12H,4-5H2,1-3H3,(H,18,19,21). The number of carbonyl (C=O) groups is 1. The Balaban J connectivity index is 2.10. The molecule has 110 valence electrons. The van der Waals surface area contributed by atoms with Crippen molar-refractivity contribution in [2.45, 2.75) is 20.8 Å². The van der Waals surface area contributed by atoms with Crippen LogP contribution < -0.4 is 10.2 Å². The summed E-state index contributed by atoms with van der Waals surface area (Å²) in [6.45, 7) is 8.01. The highest BCUT2D eigenvalue weighted by molar-refractivity contribution is 6.04. The first-order valence-electron chi connectivity index (χ1n) is 7.23. The number of nitrogens with one attached hydrogen (secondary N) is 1. The molecule has 2 rings (SSSR count). The molecular weight excluding hydrogens is 262 g/mol. The third-order valence-electron chi connectivity index (χ3n) is 3.51. The molecule has 0 bridgehead atoms. The van der Waals surface area contributed by atoms with E-state index in [0.717, 1.165) is 24.3 Å². The lowest BCUT2D eigenvalue weighted by molar-refractivity contribution is 0.102. The van der Waals surface area contributed by atoms with Gasteiger partial charge in [-0.2, -0.15) is 0 Å². The maximum atomic E-state index is 12.2. The number of carbonyl (C=O) groups excluding carboxylic acids is 1. The van der Waals surface area contributed by atoms with Crippen LogP contribution in [0, 0.1) is 6.92 Å². The zero-order chi connectivity index (χ0) is 15.2. The summed E-state index contributed by atoms with van der Waals surface area (Å²) in [4.78, 5) is 18.7. The van der Waals surface area contributed by atoms with Crippen LogP contribution in [0.3, 0.4) is 0 Å². The molecule has 2 aromatic rings. The van der Waals surface area contributed by atoms with E-state index in [-0.39, 0.29) is 5.91 Å². The fourth-order valence-corrected chi connectivity index (χ4v) is 2.25. The molecule has 0 saturated carbocycles. The normalized spacial score (nSPS) is 10.2. The summed E-state index contributed by atoms with van der Waals surface area (Å²) in [5.74, 6) is 0.440. The van der Waals surface area contributed by atoms with Gasteiger partial charge in [0.25, 0.3) is 5.91 Å². The quantitative estimate of drug-likeness (QED) is 0.913. The van der Waals surface area contributed by atoms with Gasteiger partial charge in [-0.15, -0.1) is 0 Å².